The lowest BCUT2D eigenvalue weighted by molar-refractivity contribution is 0.0946. The van der Waals surface area contributed by atoms with Crippen LogP contribution in [0.4, 0.5) is 0 Å². The second kappa shape index (κ2) is 8.26. The van der Waals surface area contributed by atoms with Crippen molar-refractivity contribution in [1.29, 1.82) is 0 Å². The molecule has 6 nitrogen and oxygen atoms in total. The predicted molar refractivity (Wildman–Crippen MR) is 106 cm³/mol. The summed E-state index contributed by atoms with van der Waals surface area (Å²) in [5, 5.41) is 9.66. The third-order valence-corrected chi connectivity index (χ3v) is 5.29. The molecule has 7 heteroatoms. The highest BCUT2D eigenvalue weighted by Gasteiger charge is 2.21. The Labute approximate surface area is 162 Å². The van der Waals surface area contributed by atoms with Crippen LogP contribution in [0, 0.1) is 13.8 Å². The summed E-state index contributed by atoms with van der Waals surface area (Å²) in [4.78, 5) is 13.9. The molecule has 0 saturated carbocycles. The molecule has 27 heavy (non-hydrogen) atoms. The van der Waals surface area contributed by atoms with E-state index in [4.69, 9.17) is 9.47 Å². The Hall–Kier alpha value is -2.80. The van der Waals surface area contributed by atoms with Crippen LogP contribution < -0.4 is 14.8 Å². The minimum absolute atomic E-state index is 0.0631. The number of hydrogen-bond donors (Lipinski definition) is 1. The zero-order valence-corrected chi connectivity index (χ0v) is 16.7. The fraction of sp³-hybridized carbons (Fsp3) is 0.300. The Kier molecular flexibility index (Phi) is 5.81. The monoisotopic (exact) mass is 385 g/mol. The number of ether oxygens (including phenoxy) is 2. The van der Waals surface area contributed by atoms with E-state index in [1.165, 1.54) is 7.11 Å². The molecule has 2 aromatic heterocycles. The summed E-state index contributed by atoms with van der Waals surface area (Å²) in [5.74, 6) is 0.922. The molecule has 0 aliphatic heterocycles. The first-order valence-electron chi connectivity index (χ1n) is 8.60. The van der Waals surface area contributed by atoms with Crippen molar-refractivity contribution in [3.8, 4) is 11.5 Å². The van der Waals surface area contributed by atoms with Gasteiger partial charge in [-0.1, -0.05) is 6.07 Å². The molecule has 0 fully saturated rings. The van der Waals surface area contributed by atoms with E-state index in [1.54, 1.807) is 36.6 Å². The molecule has 0 saturated heterocycles. The first-order valence-corrected chi connectivity index (χ1v) is 9.47. The van der Waals surface area contributed by atoms with Crippen LogP contribution in [-0.4, -0.2) is 36.5 Å². The molecule has 3 rings (SSSR count). The van der Waals surface area contributed by atoms with Crippen molar-refractivity contribution in [2.24, 2.45) is 0 Å². The summed E-state index contributed by atoms with van der Waals surface area (Å²) in [6.45, 7) is 4.42. The molecule has 1 aromatic carbocycles. The number of thiophene rings is 1. The van der Waals surface area contributed by atoms with E-state index in [1.807, 2.05) is 36.0 Å². The summed E-state index contributed by atoms with van der Waals surface area (Å²) in [6, 6.07) is 11.2. The highest BCUT2D eigenvalue weighted by molar-refractivity contribution is 7.10. The number of aryl methyl sites for hydroxylation is 2. The van der Waals surface area contributed by atoms with Crippen molar-refractivity contribution in [3.63, 3.8) is 0 Å². The first-order chi connectivity index (χ1) is 13.0. The largest absolute Gasteiger partial charge is 0.497 e. The quantitative estimate of drug-likeness (QED) is 0.675. The first kappa shape index (κ1) is 19.0. The fourth-order valence-electron chi connectivity index (χ4n) is 3.02. The maximum absolute atomic E-state index is 12.8. The van der Waals surface area contributed by atoms with Crippen molar-refractivity contribution in [2.45, 2.75) is 19.9 Å². The van der Waals surface area contributed by atoms with Gasteiger partial charge in [0, 0.05) is 23.2 Å². The zero-order chi connectivity index (χ0) is 19.4. The molecule has 0 aliphatic carbocycles. The Morgan fingerprint density at radius 2 is 2.04 bits per heavy atom. The Morgan fingerprint density at radius 3 is 2.63 bits per heavy atom. The number of carbonyl (C=O) groups is 1. The molecule has 3 aromatic rings. The van der Waals surface area contributed by atoms with Gasteiger partial charge in [0.05, 0.1) is 25.5 Å². The zero-order valence-electron chi connectivity index (χ0n) is 15.9. The second-order valence-electron chi connectivity index (χ2n) is 6.18. The van der Waals surface area contributed by atoms with Crippen molar-refractivity contribution in [2.75, 3.05) is 20.8 Å². The summed E-state index contributed by atoms with van der Waals surface area (Å²) in [6.07, 6.45) is 0. The molecule has 0 spiro atoms. The van der Waals surface area contributed by atoms with Crippen LogP contribution in [0.2, 0.25) is 0 Å². The van der Waals surface area contributed by atoms with Crippen LogP contribution in [0.25, 0.3) is 0 Å². The van der Waals surface area contributed by atoms with E-state index >= 15 is 0 Å². The van der Waals surface area contributed by atoms with E-state index in [9.17, 15) is 4.79 Å². The van der Waals surface area contributed by atoms with Gasteiger partial charge in [-0.25, -0.2) is 0 Å². The van der Waals surface area contributed by atoms with Gasteiger partial charge in [0.1, 0.15) is 17.5 Å². The van der Waals surface area contributed by atoms with E-state index in [-0.39, 0.29) is 11.9 Å². The van der Waals surface area contributed by atoms with Crippen molar-refractivity contribution < 1.29 is 14.3 Å². The predicted octanol–water partition coefficient (Wildman–Crippen LogP) is 3.60. The van der Waals surface area contributed by atoms with Crippen LogP contribution in [0.3, 0.4) is 0 Å². The lowest BCUT2D eigenvalue weighted by Crippen LogP contribution is -2.32. The third kappa shape index (κ3) is 4.14. The van der Waals surface area contributed by atoms with Gasteiger partial charge >= 0.3 is 0 Å². The molecule has 1 unspecified atom stereocenters. The lowest BCUT2D eigenvalue weighted by Gasteiger charge is -2.19. The maximum atomic E-state index is 12.8. The molecule has 2 heterocycles. The summed E-state index contributed by atoms with van der Waals surface area (Å²) in [7, 11) is 3.12. The summed E-state index contributed by atoms with van der Waals surface area (Å²) >= 11 is 1.65. The maximum Gasteiger partial charge on any atom is 0.255 e. The van der Waals surface area contributed by atoms with Gasteiger partial charge in [-0.15, -0.1) is 11.3 Å². The number of nitrogens with one attached hydrogen (secondary N) is 1. The molecule has 142 valence electrons. The standard InChI is InChI=1S/C20H23N3O3S/c1-13-10-14(2)23(22-13)17(19-6-5-9-27-19)12-21-20(24)16-8-7-15(25-3)11-18(16)26-4/h5-11,17H,12H2,1-4H3,(H,21,24). The van der Waals surface area contributed by atoms with Crippen LogP contribution in [0.1, 0.15) is 32.7 Å². The Balaban J connectivity index is 1.82. The van der Waals surface area contributed by atoms with Crippen molar-refractivity contribution in [1.82, 2.24) is 15.1 Å². The van der Waals surface area contributed by atoms with Gasteiger partial charge in [0.2, 0.25) is 0 Å². The molecule has 1 amide bonds. The van der Waals surface area contributed by atoms with Gasteiger partial charge in [0.15, 0.2) is 0 Å². The van der Waals surface area contributed by atoms with Crippen LogP contribution >= 0.6 is 11.3 Å². The van der Waals surface area contributed by atoms with Crippen molar-refractivity contribution in [3.05, 3.63) is 63.6 Å². The summed E-state index contributed by atoms with van der Waals surface area (Å²) < 4.78 is 12.5. The van der Waals surface area contributed by atoms with E-state index < -0.39 is 0 Å². The number of amides is 1. The van der Waals surface area contributed by atoms with Gasteiger partial charge in [-0.2, -0.15) is 5.10 Å². The van der Waals surface area contributed by atoms with Crippen LogP contribution in [0.15, 0.2) is 41.8 Å². The Bertz CT molecular complexity index is 919. The number of hydrogen-bond acceptors (Lipinski definition) is 5. The van der Waals surface area contributed by atoms with Crippen LogP contribution in [0.5, 0.6) is 11.5 Å². The molecule has 0 bridgehead atoms. The number of rotatable bonds is 7. The normalized spacial score (nSPS) is 11.9. The minimum Gasteiger partial charge on any atom is -0.497 e. The second-order valence-corrected chi connectivity index (χ2v) is 7.16. The highest BCUT2D eigenvalue weighted by atomic mass is 32.1. The van der Waals surface area contributed by atoms with Crippen molar-refractivity contribution >= 4 is 17.2 Å². The van der Waals surface area contributed by atoms with Gasteiger partial charge < -0.3 is 14.8 Å². The van der Waals surface area contributed by atoms with Gasteiger partial charge in [-0.3, -0.25) is 9.48 Å². The fourth-order valence-corrected chi connectivity index (χ4v) is 3.83. The smallest absolute Gasteiger partial charge is 0.255 e. The SMILES string of the molecule is COc1ccc(C(=O)NCC(c2cccs2)n2nc(C)cc2C)c(OC)c1. The highest BCUT2D eigenvalue weighted by Crippen LogP contribution is 2.26. The Morgan fingerprint density at radius 1 is 1.22 bits per heavy atom. The van der Waals surface area contributed by atoms with Crippen LogP contribution in [-0.2, 0) is 0 Å². The van der Waals surface area contributed by atoms with Gasteiger partial charge in [0.25, 0.3) is 5.91 Å². The molecule has 1 atom stereocenters. The number of nitrogens with zero attached hydrogens (tertiary/aromatic N) is 2. The topological polar surface area (TPSA) is 65.4 Å². The summed E-state index contributed by atoms with van der Waals surface area (Å²) in [5.41, 5.74) is 2.48. The molecule has 0 radical (unpaired) electrons. The molecular weight excluding hydrogens is 362 g/mol. The number of benzene rings is 1. The average Bonchev–Trinajstić information content (AvgIpc) is 3.31. The number of carbonyl (C=O) groups excluding carboxylic acids is 1. The molecular formula is C20H23N3O3S. The van der Waals surface area contributed by atoms with E-state index in [0.717, 1.165) is 16.3 Å². The van der Waals surface area contributed by atoms with E-state index in [2.05, 4.69) is 16.5 Å². The van der Waals surface area contributed by atoms with Gasteiger partial charge in [-0.05, 0) is 43.5 Å². The lowest BCUT2D eigenvalue weighted by atomic mass is 10.1. The average molecular weight is 385 g/mol. The number of aromatic nitrogens is 2. The molecule has 0 aliphatic rings. The van der Waals surface area contributed by atoms with E-state index in [0.29, 0.717) is 23.6 Å². The number of methoxy groups -OCH3 is 2. The minimum atomic E-state index is -0.197. The molecule has 1 N–H and O–H groups in total. The third-order valence-electron chi connectivity index (χ3n) is 4.32.